The lowest BCUT2D eigenvalue weighted by Gasteiger charge is -2.23. The minimum atomic E-state index is -4.69. The molecular weight excluding hydrogens is 857 g/mol. The van der Waals surface area contributed by atoms with Gasteiger partial charge in [0.2, 0.25) is 0 Å². The van der Waals surface area contributed by atoms with Crippen LogP contribution in [0.5, 0.6) is 0 Å². The molecule has 0 aliphatic heterocycles. The number of nitrogens with zero attached hydrogens (tertiary/aromatic N) is 1. The Hall–Kier alpha value is -5.73. The Morgan fingerprint density at radius 2 is 0.864 bits per heavy atom. The monoisotopic (exact) mass is 924 g/mol. The molecule has 15 heteroatoms. The van der Waals surface area contributed by atoms with E-state index in [0.29, 0.717) is 23.6 Å². The molecule has 0 fully saturated rings. The normalized spacial score (nSPS) is 12.8. The van der Waals surface area contributed by atoms with E-state index in [9.17, 15) is 35.9 Å². The highest BCUT2D eigenvalue weighted by molar-refractivity contribution is 5.91. The average molecular weight is 924 g/mol. The zero-order valence-corrected chi connectivity index (χ0v) is 38.0. The van der Waals surface area contributed by atoms with Gasteiger partial charge in [-0.2, -0.15) is 26.3 Å². The van der Waals surface area contributed by atoms with Gasteiger partial charge in [-0.25, -0.2) is 9.59 Å². The van der Waals surface area contributed by atoms with Crippen molar-refractivity contribution in [3.8, 4) is 0 Å². The van der Waals surface area contributed by atoms with E-state index in [2.05, 4.69) is 38.8 Å². The molecule has 0 aromatic heterocycles. The van der Waals surface area contributed by atoms with Gasteiger partial charge in [0.15, 0.2) is 5.96 Å². The third-order valence-electron chi connectivity index (χ3n) is 11.2. The lowest BCUT2D eigenvalue weighted by Crippen LogP contribution is -2.45. The van der Waals surface area contributed by atoms with E-state index in [4.69, 9.17) is 4.99 Å². The number of carbonyl (C=O) groups is 2. The summed E-state index contributed by atoms with van der Waals surface area (Å²) in [6.45, 7) is 2.81. The van der Waals surface area contributed by atoms with Crippen molar-refractivity contribution in [1.29, 1.82) is 0 Å². The van der Waals surface area contributed by atoms with E-state index < -0.39 is 59.0 Å². The molecule has 0 heterocycles. The van der Waals surface area contributed by atoms with Crippen molar-refractivity contribution < 1.29 is 35.9 Å². The number of benzene rings is 4. The third kappa shape index (κ3) is 20.2. The van der Waals surface area contributed by atoms with E-state index in [1.54, 1.807) is 60.7 Å². The van der Waals surface area contributed by atoms with Crippen molar-refractivity contribution in [3.05, 3.63) is 131 Å². The van der Waals surface area contributed by atoms with Crippen LogP contribution < -0.4 is 31.9 Å². The van der Waals surface area contributed by atoms with Crippen molar-refractivity contribution in [3.63, 3.8) is 0 Å². The number of hydrogen-bond acceptors (Lipinski definition) is 3. The molecule has 0 aliphatic rings. The first-order chi connectivity index (χ1) is 31.8. The number of guanidine groups is 1. The van der Waals surface area contributed by atoms with Crippen molar-refractivity contribution in [2.45, 2.75) is 134 Å². The van der Waals surface area contributed by atoms with Crippen molar-refractivity contribution in [2.24, 2.45) is 4.99 Å². The number of alkyl halides is 6. The Labute approximate surface area is 386 Å². The predicted octanol–water partition coefficient (Wildman–Crippen LogP) is 13.9. The first-order valence-corrected chi connectivity index (χ1v) is 23.4. The maximum Gasteiger partial charge on any atom is 0.418 e. The highest BCUT2D eigenvalue weighted by Gasteiger charge is 2.35. The molecule has 0 unspecified atom stereocenters. The van der Waals surface area contributed by atoms with E-state index in [1.165, 1.54) is 113 Å². The Morgan fingerprint density at radius 1 is 0.485 bits per heavy atom. The number of carbonyl (C=O) groups excluding carboxylic acids is 2. The zero-order chi connectivity index (χ0) is 47.5. The molecule has 0 saturated heterocycles. The van der Waals surface area contributed by atoms with E-state index in [1.807, 2.05) is 0 Å². The van der Waals surface area contributed by atoms with E-state index in [-0.39, 0.29) is 13.1 Å². The summed E-state index contributed by atoms with van der Waals surface area (Å²) in [4.78, 5) is 31.3. The fourth-order valence-electron chi connectivity index (χ4n) is 7.60. The number of urea groups is 2. The summed E-state index contributed by atoms with van der Waals surface area (Å²) in [5.41, 5.74) is -1.44. The topological polar surface area (TPSA) is 119 Å². The molecule has 6 N–H and O–H groups in total. The second-order valence-corrected chi connectivity index (χ2v) is 16.5. The number of amides is 4. The number of nitrogens with one attached hydrogen (secondary N) is 6. The molecule has 0 radical (unpaired) electrons. The number of unbranched alkanes of at least 4 members (excludes halogenated alkanes) is 15. The molecular formula is C51H67F6N7O2. The Bertz CT molecular complexity index is 2010. The molecule has 0 spiro atoms. The predicted molar refractivity (Wildman–Crippen MR) is 253 cm³/mol. The van der Waals surface area contributed by atoms with E-state index >= 15 is 0 Å². The van der Waals surface area contributed by atoms with Gasteiger partial charge in [0.25, 0.3) is 0 Å². The van der Waals surface area contributed by atoms with Gasteiger partial charge in [-0.05, 0) is 41.8 Å². The first kappa shape index (κ1) is 52.9. The van der Waals surface area contributed by atoms with Crippen LogP contribution in [0.4, 0.5) is 47.3 Å². The number of halogens is 6. The zero-order valence-electron chi connectivity index (χ0n) is 38.0. The van der Waals surface area contributed by atoms with Gasteiger partial charge in [-0.15, -0.1) is 0 Å². The molecule has 0 saturated carbocycles. The molecule has 360 valence electrons. The van der Waals surface area contributed by atoms with Crippen molar-refractivity contribution >= 4 is 29.4 Å². The van der Waals surface area contributed by atoms with Crippen LogP contribution in [0.3, 0.4) is 0 Å². The van der Waals surface area contributed by atoms with Gasteiger partial charge in [0, 0.05) is 13.1 Å². The molecule has 2 atom stereocenters. The minimum Gasteiger partial charge on any atom is -0.356 e. The lowest BCUT2D eigenvalue weighted by atomic mass is 10.0. The summed E-state index contributed by atoms with van der Waals surface area (Å²) in [7, 11) is 0. The third-order valence-corrected chi connectivity index (χ3v) is 11.2. The second kappa shape index (κ2) is 29.0. The maximum absolute atomic E-state index is 13.7. The van der Waals surface area contributed by atoms with Crippen LogP contribution in [0.15, 0.2) is 114 Å². The Kier molecular flexibility index (Phi) is 23.3. The van der Waals surface area contributed by atoms with Gasteiger partial charge in [-0.3, -0.25) is 4.99 Å². The number of para-hydroxylation sites is 2. The molecule has 4 aromatic rings. The maximum atomic E-state index is 13.7. The molecule has 9 nitrogen and oxygen atoms in total. The Balaban J connectivity index is 1.41. The SMILES string of the molecule is CCCCCCCCCCCCCCCCCCNC(=NC[C@@H](NC(=O)Nc1ccccc1C(F)(F)F)c1ccccc1)NC[C@@H](NC(=O)Nc1ccccc1C(F)(F)F)c1ccccc1. The largest absolute Gasteiger partial charge is 0.418 e. The standard InChI is InChI=1S/C51H67F6N7O2/c1-2-3-4-5-6-7-8-9-10-11-12-13-14-15-16-27-36-58-47(59-37-45(39-28-19-17-20-29-39)63-48(65)61-43-34-25-23-32-41(43)50(52,53)54)60-38-46(40-30-21-18-22-31-40)64-49(66)62-44-35-26-24-33-42(44)51(55,56)57/h17-26,28-35,45-46H,2-16,27,36-38H2,1H3,(H2,58,59,60)(H2,61,63,65)(H2,62,64,66)/t45-,46-/m1/s1. The number of hydrogen-bond donors (Lipinski definition) is 6. The first-order valence-electron chi connectivity index (χ1n) is 23.4. The van der Waals surface area contributed by atoms with Gasteiger partial charge in [0.05, 0.1) is 41.1 Å². The van der Waals surface area contributed by atoms with Crippen LogP contribution in [-0.2, 0) is 12.4 Å². The summed E-state index contributed by atoms with van der Waals surface area (Å²) >= 11 is 0. The number of anilines is 2. The smallest absolute Gasteiger partial charge is 0.356 e. The summed E-state index contributed by atoms with van der Waals surface area (Å²) in [6, 6.07) is 24.0. The summed E-state index contributed by atoms with van der Waals surface area (Å²) in [6.07, 6.45) is 10.4. The molecule has 66 heavy (non-hydrogen) atoms. The quantitative estimate of drug-likeness (QED) is 0.0155. The minimum absolute atomic E-state index is 0.0369. The second-order valence-electron chi connectivity index (χ2n) is 16.5. The lowest BCUT2D eigenvalue weighted by molar-refractivity contribution is -0.137. The van der Waals surface area contributed by atoms with Gasteiger partial charge in [-0.1, -0.05) is 188 Å². The molecule has 4 aromatic carbocycles. The average Bonchev–Trinajstić information content (AvgIpc) is 3.29. The molecule has 0 bridgehead atoms. The number of aliphatic imine (C=N–C) groups is 1. The van der Waals surface area contributed by atoms with Crippen molar-refractivity contribution in [1.82, 2.24) is 21.3 Å². The van der Waals surface area contributed by atoms with Crippen LogP contribution in [0.25, 0.3) is 0 Å². The van der Waals surface area contributed by atoms with Crippen LogP contribution >= 0.6 is 0 Å². The van der Waals surface area contributed by atoms with E-state index in [0.717, 1.165) is 37.8 Å². The Morgan fingerprint density at radius 3 is 1.30 bits per heavy atom. The molecule has 4 rings (SSSR count). The highest BCUT2D eigenvalue weighted by atomic mass is 19.4. The van der Waals surface area contributed by atoms with Crippen molar-refractivity contribution in [2.75, 3.05) is 30.3 Å². The fraction of sp³-hybridized carbons (Fsp3) is 0.471. The van der Waals surface area contributed by atoms with Gasteiger partial charge >= 0.3 is 24.4 Å². The van der Waals surface area contributed by atoms with Crippen LogP contribution in [0, 0.1) is 0 Å². The fourth-order valence-corrected chi connectivity index (χ4v) is 7.60. The van der Waals surface area contributed by atoms with Crippen LogP contribution in [0.2, 0.25) is 0 Å². The molecule has 0 aliphatic carbocycles. The summed E-state index contributed by atoms with van der Waals surface area (Å²) in [5.74, 6) is 0.326. The van der Waals surface area contributed by atoms with Crippen LogP contribution in [-0.4, -0.2) is 37.7 Å². The van der Waals surface area contributed by atoms with Gasteiger partial charge in [0.1, 0.15) is 0 Å². The number of rotatable bonds is 27. The highest BCUT2D eigenvalue weighted by Crippen LogP contribution is 2.35. The van der Waals surface area contributed by atoms with Gasteiger partial charge < -0.3 is 31.9 Å². The summed E-state index contributed by atoms with van der Waals surface area (Å²) in [5, 5.41) is 16.9. The van der Waals surface area contributed by atoms with Crippen LogP contribution in [0.1, 0.15) is 144 Å². The summed E-state index contributed by atoms with van der Waals surface area (Å²) < 4.78 is 82.4. The molecule has 4 amide bonds.